The van der Waals surface area contributed by atoms with Gasteiger partial charge in [0.05, 0.1) is 0 Å². The van der Waals surface area contributed by atoms with Gasteiger partial charge in [0, 0.05) is 12.1 Å². The van der Waals surface area contributed by atoms with E-state index in [1.807, 2.05) is 0 Å². The third kappa shape index (κ3) is 2.46. The monoisotopic (exact) mass is 171 g/mol. The number of aliphatic hydroxyl groups excluding tert-OH is 1. The highest BCUT2D eigenvalue weighted by molar-refractivity contribution is 4.91. The van der Waals surface area contributed by atoms with E-state index in [2.05, 4.69) is 13.8 Å². The third-order valence-electron chi connectivity index (χ3n) is 2.92. The van der Waals surface area contributed by atoms with E-state index >= 15 is 0 Å². The van der Waals surface area contributed by atoms with Crippen LogP contribution in [0, 0.1) is 11.8 Å². The second-order valence-electron chi connectivity index (χ2n) is 4.69. The summed E-state index contributed by atoms with van der Waals surface area (Å²) in [6, 6.07) is 0. The van der Waals surface area contributed by atoms with Crippen molar-refractivity contribution in [3.63, 3.8) is 0 Å². The molecule has 0 bridgehead atoms. The minimum absolute atomic E-state index is 0.0775. The zero-order valence-electron chi connectivity index (χ0n) is 8.21. The van der Waals surface area contributed by atoms with Crippen LogP contribution < -0.4 is 5.73 Å². The average molecular weight is 171 g/mol. The summed E-state index contributed by atoms with van der Waals surface area (Å²) in [5.41, 5.74) is 6.11. The SMILES string of the molecule is CC1CC(C)CC(N)(CCO)C1. The molecule has 0 aromatic heterocycles. The summed E-state index contributed by atoms with van der Waals surface area (Å²) < 4.78 is 0. The highest BCUT2D eigenvalue weighted by Gasteiger charge is 2.33. The zero-order chi connectivity index (χ0) is 9.19. The summed E-state index contributed by atoms with van der Waals surface area (Å²) in [5.74, 6) is 1.45. The van der Waals surface area contributed by atoms with Crippen LogP contribution in [0.2, 0.25) is 0 Å². The summed E-state index contributed by atoms with van der Waals surface area (Å²) in [7, 11) is 0. The first kappa shape index (κ1) is 10.0. The summed E-state index contributed by atoms with van der Waals surface area (Å²) >= 11 is 0. The molecule has 0 spiro atoms. The molecule has 1 saturated carbocycles. The molecule has 0 aromatic rings. The van der Waals surface area contributed by atoms with E-state index < -0.39 is 0 Å². The topological polar surface area (TPSA) is 46.2 Å². The first-order valence-electron chi connectivity index (χ1n) is 4.95. The van der Waals surface area contributed by atoms with Crippen LogP contribution >= 0.6 is 0 Å². The molecule has 2 nitrogen and oxygen atoms in total. The van der Waals surface area contributed by atoms with Crippen molar-refractivity contribution < 1.29 is 5.11 Å². The van der Waals surface area contributed by atoms with Gasteiger partial charge in [0.2, 0.25) is 0 Å². The van der Waals surface area contributed by atoms with E-state index in [0.717, 1.165) is 31.1 Å². The second-order valence-corrected chi connectivity index (χ2v) is 4.69. The fourth-order valence-corrected chi connectivity index (χ4v) is 2.75. The van der Waals surface area contributed by atoms with Crippen LogP contribution in [-0.4, -0.2) is 17.3 Å². The number of rotatable bonds is 2. The van der Waals surface area contributed by atoms with E-state index in [1.165, 1.54) is 6.42 Å². The lowest BCUT2D eigenvalue weighted by atomic mass is 9.71. The maximum Gasteiger partial charge on any atom is 0.0448 e. The number of hydrogen-bond donors (Lipinski definition) is 2. The Morgan fingerprint density at radius 3 is 2.25 bits per heavy atom. The molecule has 1 aliphatic rings. The molecule has 2 atom stereocenters. The van der Waals surface area contributed by atoms with Gasteiger partial charge in [-0.15, -0.1) is 0 Å². The maximum absolute atomic E-state index is 8.88. The Bertz CT molecular complexity index is 137. The van der Waals surface area contributed by atoms with Gasteiger partial charge in [-0.05, 0) is 37.5 Å². The van der Waals surface area contributed by atoms with Gasteiger partial charge in [-0.25, -0.2) is 0 Å². The molecule has 3 N–H and O–H groups in total. The van der Waals surface area contributed by atoms with Crippen molar-refractivity contribution in [3.05, 3.63) is 0 Å². The Morgan fingerprint density at radius 1 is 1.33 bits per heavy atom. The van der Waals surface area contributed by atoms with Gasteiger partial charge >= 0.3 is 0 Å². The third-order valence-corrected chi connectivity index (χ3v) is 2.92. The summed E-state index contributed by atoms with van der Waals surface area (Å²) in [6.07, 6.45) is 4.22. The van der Waals surface area contributed by atoms with E-state index in [1.54, 1.807) is 0 Å². The standard InChI is InChI=1S/C10H21NO/c1-8-5-9(2)7-10(11,6-8)3-4-12/h8-9,12H,3-7,11H2,1-2H3. The quantitative estimate of drug-likeness (QED) is 0.661. The highest BCUT2D eigenvalue weighted by atomic mass is 16.3. The van der Waals surface area contributed by atoms with Crippen molar-refractivity contribution in [1.82, 2.24) is 0 Å². The van der Waals surface area contributed by atoms with Crippen LogP contribution in [-0.2, 0) is 0 Å². The van der Waals surface area contributed by atoms with Crippen LogP contribution in [0.5, 0.6) is 0 Å². The molecular weight excluding hydrogens is 150 g/mol. The molecule has 0 radical (unpaired) electrons. The molecule has 1 fully saturated rings. The van der Waals surface area contributed by atoms with Crippen molar-refractivity contribution in [1.29, 1.82) is 0 Å². The molecule has 72 valence electrons. The van der Waals surface area contributed by atoms with Gasteiger partial charge in [0.25, 0.3) is 0 Å². The second kappa shape index (κ2) is 3.75. The number of hydrogen-bond acceptors (Lipinski definition) is 2. The van der Waals surface area contributed by atoms with Crippen molar-refractivity contribution in [2.24, 2.45) is 17.6 Å². The van der Waals surface area contributed by atoms with Crippen molar-refractivity contribution in [2.75, 3.05) is 6.61 Å². The molecule has 1 rings (SSSR count). The lowest BCUT2D eigenvalue weighted by Gasteiger charge is -2.39. The molecule has 0 aliphatic heterocycles. The Kier molecular flexibility index (Phi) is 3.13. The van der Waals surface area contributed by atoms with E-state index in [4.69, 9.17) is 10.8 Å². The molecule has 0 saturated heterocycles. The molecule has 2 heteroatoms. The highest BCUT2D eigenvalue weighted by Crippen LogP contribution is 2.35. The molecule has 1 aliphatic carbocycles. The molecular formula is C10H21NO. The predicted molar refractivity (Wildman–Crippen MR) is 50.8 cm³/mol. The fourth-order valence-electron chi connectivity index (χ4n) is 2.75. The Balaban J connectivity index is 2.52. The lowest BCUT2D eigenvalue weighted by molar-refractivity contribution is 0.143. The molecule has 0 aromatic carbocycles. The first-order chi connectivity index (χ1) is 5.56. The largest absolute Gasteiger partial charge is 0.396 e. The molecule has 0 amide bonds. The maximum atomic E-state index is 8.88. The van der Waals surface area contributed by atoms with Crippen molar-refractivity contribution >= 4 is 0 Å². The molecule has 2 unspecified atom stereocenters. The van der Waals surface area contributed by atoms with Crippen LogP contribution in [0.1, 0.15) is 39.5 Å². The van der Waals surface area contributed by atoms with Gasteiger partial charge in [0.15, 0.2) is 0 Å². The minimum atomic E-state index is -0.0775. The predicted octanol–water partition coefficient (Wildman–Crippen LogP) is 1.52. The van der Waals surface area contributed by atoms with E-state index in [-0.39, 0.29) is 12.1 Å². The zero-order valence-corrected chi connectivity index (χ0v) is 8.21. The lowest BCUT2D eigenvalue weighted by Crippen LogP contribution is -2.46. The van der Waals surface area contributed by atoms with E-state index in [0.29, 0.717) is 0 Å². The van der Waals surface area contributed by atoms with Gasteiger partial charge in [0.1, 0.15) is 0 Å². The Hall–Kier alpha value is -0.0800. The Morgan fingerprint density at radius 2 is 1.83 bits per heavy atom. The molecule has 0 heterocycles. The fraction of sp³-hybridized carbons (Fsp3) is 1.00. The van der Waals surface area contributed by atoms with Crippen molar-refractivity contribution in [2.45, 2.75) is 45.1 Å². The Labute approximate surface area is 75.2 Å². The van der Waals surface area contributed by atoms with Crippen molar-refractivity contribution in [3.8, 4) is 0 Å². The average Bonchev–Trinajstić information content (AvgIpc) is 1.82. The van der Waals surface area contributed by atoms with Gasteiger partial charge in [-0.1, -0.05) is 13.8 Å². The molecule has 12 heavy (non-hydrogen) atoms. The van der Waals surface area contributed by atoms with Crippen LogP contribution in [0.25, 0.3) is 0 Å². The van der Waals surface area contributed by atoms with Gasteiger partial charge in [-0.3, -0.25) is 0 Å². The van der Waals surface area contributed by atoms with E-state index in [9.17, 15) is 0 Å². The van der Waals surface area contributed by atoms with Gasteiger partial charge < -0.3 is 10.8 Å². The first-order valence-corrected chi connectivity index (χ1v) is 4.95. The summed E-state index contributed by atoms with van der Waals surface area (Å²) in [6.45, 7) is 4.75. The minimum Gasteiger partial charge on any atom is -0.396 e. The van der Waals surface area contributed by atoms with Crippen LogP contribution in [0.15, 0.2) is 0 Å². The van der Waals surface area contributed by atoms with Crippen LogP contribution in [0.3, 0.4) is 0 Å². The van der Waals surface area contributed by atoms with Crippen LogP contribution in [0.4, 0.5) is 0 Å². The number of nitrogens with two attached hydrogens (primary N) is 1. The van der Waals surface area contributed by atoms with Gasteiger partial charge in [-0.2, -0.15) is 0 Å². The smallest absolute Gasteiger partial charge is 0.0448 e. The normalized spacial score (nSPS) is 43.0. The number of aliphatic hydroxyl groups is 1. The summed E-state index contributed by atoms with van der Waals surface area (Å²) in [5, 5.41) is 8.88. The summed E-state index contributed by atoms with van der Waals surface area (Å²) in [4.78, 5) is 0.